The lowest BCUT2D eigenvalue weighted by Crippen LogP contribution is -2.11. The van der Waals surface area contributed by atoms with E-state index >= 15 is 0 Å². The molecule has 0 saturated carbocycles. The van der Waals surface area contributed by atoms with Crippen LogP contribution in [0, 0.1) is 0 Å². The zero-order chi connectivity index (χ0) is 12.9. The summed E-state index contributed by atoms with van der Waals surface area (Å²) in [5, 5.41) is 18.1. The van der Waals surface area contributed by atoms with Gasteiger partial charge in [-0.15, -0.1) is 0 Å². The lowest BCUT2D eigenvalue weighted by Gasteiger charge is -2.24. The van der Waals surface area contributed by atoms with Gasteiger partial charge in [0.1, 0.15) is 0 Å². The van der Waals surface area contributed by atoms with Crippen LogP contribution >= 0.6 is 0 Å². The average molecular weight is 240 g/mol. The Bertz CT molecular complexity index is 641. The van der Waals surface area contributed by atoms with Gasteiger partial charge in [0, 0.05) is 0 Å². The van der Waals surface area contributed by atoms with Gasteiger partial charge in [-0.3, -0.25) is 0 Å². The third-order valence-corrected chi connectivity index (χ3v) is 3.13. The Hall–Kier alpha value is -2.62. The van der Waals surface area contributed by atoms with Crippen molar-refractivity contribution in [3.63, 3.8) is 0 Å². The summed E-state index contributed by atoms with van der Waals surface area (Å²) in [4.78, 5) is 22.1. The number of fused-ring (bicyclic) bond motifs is 4. The van der Waals surface area contributed by atoms with Gasteiger partial charge >= 0.3 is 11.9 Å². The second-order valence-electron chi connectivity index (χ2n) is 4.10. The molecule has 1 aliphatic carbocycles. The molecule has 88 valence electrons. The van der Waals surface area contributed by atoms with Crippen LogP contribution in [0.3, 0.4) is 0 Å². The molecule has 0 radical (unpaired) electrons. The summed E-state index contributed by atoms with van der Waals surface area (Å²) in [5.41, 5.74) is 3.19. The van der Waals surface area contributed by atoms with Crippen LogP contribution in [0.2, 0.25) is 0 Å². The zero-order valence-corrected chi connectivity index (χ0v) is 9.18. The van der Waals surface area contributed by atoms with Crippen molar-refractivity contribution in [2.75, 3.05) is 0 Å². The van der Waals surface area contributed by atoms with Crippen molar-refractivity contribution in [2.45, 2.75) is 0 Å². The molecule has 4 heteroatoms. The Morgan fingerprint density at radius 1 is 0.722 bits per heavy atom. The van der Waals surface area contributed by atoms with Crippen LogP contribution in [0.25, 0.3) is 22.3 Å². The monoisotopic (exact) mass is 240 g/mol. The first-order chi connectivity index (χ1) is 8.59. The van der Waals surface area contributed by atoms with Crippen LogP contribution in [0.1, 0.15) is 20.7 Å². The standard InChI is InChI=1S/C14H8O4/c15-13(16)11-5-9-7-3-1-2-4-8(7)10(9)6-12(11)14(17)18/h1-6H,(H,15,16)(H,17,18). The number of carboxylic acids is 2. The van der Waals surface area contributed by atoms with Crippen molar-refractivity contribution in [1.29, 1.82) is 0 Å². The van der Waals surface area contributed by atoms with Crippen molar-refractivity contribution in [2.24, 2.45) is 0 Å². The van der Waals surface area contributed by atoms with E-state index in [1.165, 1.54) is 12.1 Å². The van der Waals surface area contributed by atoms with Crippen molar-refractivity contribution < 1.29 is 19.8 Å². The highest BCUT2D eigenvalue weighted by Gasteiger charge is 2.27. The molecule has 2 N–H and O–H groups in total. The summed E-state index contributed by atoms with van der Waals surface area (Å²) >= 11 is 0. The molecule has 0 spiro atoms. The molecule has 2 aromatic rings. The maximum absolute atomic E-state index is 11.1. The summed E-state index contributed by atoms with van der Waals surface area (Å²) in [7, 11) is 0. The van der Waals surface area contributed by atoms with Gasteiger partial charge in [-0.1, -0.05) is 24.3 Å². The summed E-state index contributed by atoms with van der Waals surface area (Å²) in [6.07, 6.45) is 0. The van der Waals surface area contributed by atoms with Gasteiger partial charge in [-0.25, -0.2) is 9.59 Å². The quantitative estimate of drug-likeness (QED) is 0.722. The Balaban J connectivity index is 2.26. The van der Waals surface area contributed by atoms with Gasteiger partial charge < -0.3 is 10.2 Å². The van der Waals surface area contributed by atoms with E-state index in [0.29, 0.717) is 0 Å². The van der Waals surface area contributed by atoms with Gasteiger partial charge in [0.05, 0.1) is 11.1 Å². The van der Waals surface area contributed by atoms with E-state index in [1.807, 2.05) is 24.3 Å². The van der Waals surface area contributed by atoms with Crippen molar-refractivity contribution in [3.05, 3.63) is 47.5 Å². The number of hydrogen-bond acceptors (Lipinski definition) is 2. The zero-order valence-electron chi connectivity index (χ0n) is 9.18. The highest BCUT2D eigenvalue weighted by molar-refractivity contribution is 6.10. The normalized spacial score (nSPS) is 11.1. The summed E-state index contributed by atoms with van der Waals surface area (Å²) in [6.45, 7) is 0. The van der Waals surface area contributed by atoms with E-state index in [2.05, 4.69) is 0 Å². The fourth-order valence-corrected chi connectivity index (χ4v) is 2.29. The predicted molar refractivity (Wildman–Crippen MR) is 64.8 cm³/mol. The fourth-order valence-electron chi connectivity index (χ4n) is 2.29. The largest absolute Gasteiger partial charge is 0.478 e. The van der Waals surface area contributed by atoms with Crippen LogP contribution in [-0.4, -0.2) is 22.2 Å². The van der Waals surface area contributed by atoms with E-state index in [4.69, 9.17) is 10.2 Å². The maximum atomic E-state index is 11.1. The molecule has 0 saturated heterocycles. The van der Waals surface area contributed by atoms with Crippen LogP contribution in [0.4, 0.5) is 0 Å². The molecule has 4 nitrogen and oxygen atoms in total. The minimum absolute atomic E-state index is 0.171. The number of aromatic carboxylic acids is 2. The summed E-state index contributed by atoms with van der Waals surface area (Å²) in [5.74, 6) is -2.45. The highest BCUT2D eigenvalue weighted by Crippen LogP contribution is 2.47. The first-order valence-electron chi connectivity index (χ1n) is 5.34. The Morgan fingerprint density at radius 3 is 1.44 bits per heavy atom. The first kappa shape index (κ1) is 10.5. The Labute approximate surface area is 102 Å². The smallest absolute Gasteiger partial charge is 0.336 e. The van der Waals surface area contributed by atoms with Gasteiger partial charge in [-0.2, -0.15) is 0 Å². The minimum atomic E-state index is -1.22. The molecule has 1 aliphatic rings. The van der Waals surface area contributed by atoms with Crippen molar-refractivity contribution in [3.8, 4) is 22.3 Å². The van der Waals surface area contributed by atoms with Crippen LogP contribution in [-0.2, 0) is 0 Å². The second kappa shape index (κ2) is 3.43. The summed E-state index contributed by atoms with van der Waals surface area (Å²) in [6, 6.07) is 10.4. The number of carboxylic acid groups (broad SMARTS) is 2. The minimum Gasteiger partial charge on any atom is -0.478 e. The molecular weight excluding hydrogens is 232 g/mol. The van der Waals surface area contributed by atoms with E-state index < -0.39 is 11.9 Å². The van der Waals surface area contributed by atoms with E-state index in [9.17, 15) is 9.59 Å². The molecule has 2 aromatic carbocycles. The van der Waals surface area contributed by atoms with Crippen LogP contribution in [0.5, 0.6) is 0 Å². The average Bonchev–Trinajstić information content (AvgIpc) is 2.34. The third kappa shape index (κ3) is 1.26. The molecule has 0 fully saturated rings. The SMILES string of the molecule is O=C(O)c1cc2c(cc1C(=O)O)-c1ccccc1-2. The van der Waals surface area contributed by atoms with Crippen molar-refractivity contribution >= 4 is 11.9 Å². The van der Waals surface area contributed by atoms with Crippen LogP contribution in [0.15, 0.2) is 36.4 Å². The van der Waals surface area contributed by atoms with Gasteiger partial charge in [0.25, 0.3) is 0 Å². The highest BCUT2D eigenvalue weighted by atomic mass is 16.4. The van der Waals surface area contributed by atoms with E-state index in [1.54, 1.807) is 0 Å². The lowest BCUT2D eigenvalue weighted by atomic mass is 9.78. The Kier molecular flexibility index (Phi) is 2.01. The van der Waals surface area contributed by atoms with Gasteiger partial charge in [0.15, 0.2) is 0 Å². The maximum Gasteiger partial charge on any atom is 0.336 e. The molecule has 3 rings (SSSR count). The number of carbonyl (C=O) groups is 2. The topological polar surface area (TPSA) is 74.6 Å². The predicted octanol–water partition coefficient (Wildman–Crippen LogP) is 2.73. The first-order valence-corrected chi connectivity index (χ1v) is 5.34. The number of hydrogen-bond donors (Lipinski definition) is 2. The summed E-state index contributed by atoms with van der Waals surface area (Å²) < 4.78 is 0. The van der Waals surface area contributed by atoms with Crippen molar-refractivity contribution in [1.82, 2.24) is 0 Å². The molecule has 0 heterocycles. The number of rotatable bonds is 2. The van der Waals surface area contributed by atoms with E-state index in [-0.39, 0.29) is 11.1 Å². The fraction of sp³-hybridized carbons (Fsp3) is 0. The van der Waals surface area contributed by atoms with Gasteiger partial charge in [-0.05, 0) is 34.4 Å². The molecule has 0 aromatic heterocycles. The Morgan fingerprint density at radius 2 is 1.11 bits per heavy atom. The number of benzene rings is 2. The lowest BCUT2D eigenvalue weighted by molar-refractivity contribution is 0.0651. The third-order valence-electron chi connectivity index (χ3n) is 3.13. The second-order valence-corrected chi connectivity index (χ2v) is 4.10. The molecular formula is C14H8O4. The molecule has 0 aliphatic heterocycles. The van der Waals surface area contributed by atoms with Gasteiger partial charge in [0.2, 0.25) is 0 Å². The molecule has 0 unspecified atom stereocenters. The van der Waals surface area contributed by atoms with Crippen LogP contribution < -0.4 is 0 Å². The molecule has 0 bridgehead atoms. The molecule has 18 heavy (non-hydrogen) atoms. The van der Waals surface area contributed by atoms with E-state index in [0.717, 1.165) is 22.3 Å². The molecule has 0 atom stereocenters. The molecule has 0 amide bonds.